The Kier molecular flexibility index (Phi) is 5.71. The molecule has 0 unspecified atom stereocenters. The van der Waals surface area contributed by atoms with Crippen molar-refractivity contribution in [3.63, 3.8) is 0 Å². The molecular formula is C23H28N6O2S. The highest BCUT2D eigenvalue weighted by Crippen LogP contribution is 2.24. The van der Waals surface area contributed by atoms with Gasteiger partial charge in [-0.05, 0) is 45.1 Å². The van der Waals surface area contributed by atoms with Crippen LogP contribution in [0.4, 0.5) is 0 Å². The molecule has 2 aromatic heterocycles. The molecule has 3 aromatic rings. The lowest BCUT2D eigenvalue weighted by Crippen LogP contribution is -2.59. The molecule has 1 aromatic carbocycles. The molecule has 9 heteroatoms. The van der Waals surface area contributed by atoms with Crippen LogP contribution in [0.3, 0.4) is 0 Å². The molecule has 4 N–H and O–H groups in total. The third-order valence-corrected chi connectivity index (χ3v) is 7.33. The number of carbonyl (C=O) groups excluding carboxylic acids is 2. The van der Waals surface area contributed by atoms with Crippen molar-refractivity contribution in [2.24, 2.45) is 0 Å². The third-order valence-electron chi connectivity index (χ3n) is 6.25. The second-order valence-corrected chi connectivity index (χ2v) is 9.89. The highest BCUT2D eigenvalue weighted by Gasteiger charge is 2.30. The Bertz CT molecular complexity index is 1170. The van der Waals surface area contributed by atoms with Gasteiger partial charge in [0.05, 0.1) is 17.8 Å². The number of hydrogen-bond acceptors (Lipinski definition) is 6. The van der Waals surface area contributed by atoms with Crippen molar-refractivity contribution in [2.45, 2.75) is 38.4 Å². The van der Waals surface area contributed by atoms with Crippen LogP contribution in [-0.4, -0.2) is 65.4 Å². The lowest BCUT2D eigenvalue weighted by atomic mass is 10.0. The highest BCUT2D eigenvalue weighted by atomic mass is 32.1. The highest BCUT2D eigenvalue weighted by molar-refractivity contribution is 7.13. The van der Waals surface area contributed by atoms with Gasteiger partial charge in [0, 0.05) is 41.8 Å². The van der Waals surface area contributed by atoms with E-state index in [9.17, 15) is 9.59 Å². The van der Waals surface area contributed by atoms with E-state index in [1.165, 1.54) is 16.2 Å². The number of benzene rings is 1. The summed E-state index contributed by atoms with van der Waals surface area (Å²) in [5.41, 5.74) is 3.67. The Morgan fingerprint density at radius 1 is 1.19 bits per heavy atom. The van der Waals surface area contributed by atoms with Gasteiger partial charge in [0.15, 0.2) is 5.01 Å². The summed E-state index contributed by atoms with van der Waals surface area (Å²) >= 11 is 1.47. The van der Waals surface area contributed by atoms with Crippen molar-refractivity contribution in [1.29, 1.82) is 0 Å². The fraction of sp³-hybridized carbons (Fsp3) is 0.435. The third kappa shape index (κ3) is 4.28. The molecule has 2 aliphatic rings. The summed E-state index contributed by atoms with van der Waals surface area (Å²) in [6.45, 7) is 5.24. The van der Waals surface area contributed by atoms with E-state index in [-0.39, 0.29) is 23.9 Å². The molecule has 5 rings (SSSR count). The standard InChI is InChI=1S/C23H28N6O2S/c1-13-3-4-15-14(9-13)10-18(25-15)21(30)26-16-5-7-24-11-19(16)27-22(31)23-28-17-6-8-29(2)12-20(17)32-23/h3-4,9-10,16,19,24-25H,5-8,11-12H2,1-2H3,(H,26,30)(H,27,31)/t16-,19+/m0/s1. The van der Waals surface area contributed by atoms with Gasteiger partial charge in [-0.15, -0.1) is 11.3 Å². The molecule has 2 atom stereocenters. The quantitative estimate of drug-likeness (QED) is 0.484. The number of nitrogens with zero attached hydrogens (tertiary/aromatic N) is 2. The number of thiazole rings is 1. The van der Waals surface area contributed by atoms with Crippen molar-refractivity contribution < 1.29 is 9.59 Å². The zero-order chi connectivity index (χ0) is 22.2. The zero-order valence-corrected chi connectivity index (χ0v) is 19.1. The van der Waals surface area contributed by atoms with Crippen LogP contribution in [0.25, 0.3) is 10.9 Å². The zero-order valence-electron chi connectivity index (χ0n) is 18.3. The second-order valence-electron chi connectivity index (χ2n) is 8.80. The summed E-state index contributed by atoms with van der Waals surface area (Å²) in [7, 11) is 2.08. The number of nitrogens with one attached hydrogen (secondary N) is 4. The van der Waals surface area contributed by atoms with Crippen molar-refractivity contribution in [3.05, 3.63) is 51.1 Å². The van der Waals surface area contributed by atoms with Crippen molar-refractivity contribution in [1.82, 2.24) is 30.8 Å². The Morgan fingerprint density at radius 2 is 2.03 bits per heavy atom. The molecule has 0 radical (unpaired) electrons. The van der Waals surface area contributed by atoms with E-state index < -0.39 is 0 Å². The molecule has 2 amide bonds. The average molecular weight is 453 g/mol. The lowest BCUT2D eigenvalue weighted by molar-refractivity contribution is 0.0866. The van der Waals surface area contributed by atoms with Gasteiger partial charge < -0.3 is 25.8 Å². The Hall–Kier alpha value is -2.75. The largest absolute Gasteiger partial charge is 0.351 e. The molecule has 0 spiro atoms. The first-order valence-corrected chi connectivity index (χ1v) is 11.9. The average Bonchev–Trinajstić information content (AvgIpc) is 3.38. The topological polar surface area (TPSA) is 102 Å². The van der Waals surface area contributed by atoms with Crippen LogP contribution in [0.1, 0.15) is 42.8 Å². The lowest BCUT2D eigenvalue weighted by Gasteiger charge is -2.33. The van der Waals surface area contributed by atoms with Gasteiger partial charge in [0.25, 0.3) is 11.8 Å². The molecule has 0 bridgehead atoms. The number of aryl methyl sites for hydroxylation is 1. The Balaban J connectivity index is 1.27. The smallest absolute Gasteiger partial charge is 0.280 e. The first kappa shape index (κ1) is 21.1. The number of carbonyl (C=O) groups is 2. The number of aromatic nitrogens is 2. The van der Waals surface area contributed by atoms with Crippen molar-refractivity contribution in [2.75, 3.05) is 26.7 Å². The van der Waals surface area contributed by atoms with Gasteiger partial charge in [0.2, 0.25) is 0 Å². The fourth-order valence-electron chi connectivity index (χ4n) is 4.45. The SMILES string of the molecule is Cc1ccc2[nH]c(C(=O)N[C@H]3CCNC[C@H]3NC(=O)c3nc4c(s3)CN(C)CC4)cc2c1. The van der Waals surface area contributed by atoms with E-state index in [0.717, 1.165) is 54.6 Å². The fourth-order valence-corrected chi connectivity index (χ4v) is 5.55. The maximum Gasteiger partial charge on any atom is 0.280 e. The van der Waals surface area contributed by atoms with E-state index in [0.29, 0.717) is 17.2 Å². The Morgan fingerprint density at radius 3 is 2.91 bits per heavy atom. The van der Waals surface area contributed by atoms with Gasteiger partial charge >= 0.3 is 0 Å². The maximum atomic E-state index is 12.9. The molecule has 0 aliphatic carbocycles. The molecule has 168 valence electrons. The number of H-pyrrole nitrogens is 1. The minimum Gasteiger partial charge on any atom is -0.351 e. The summed E-state index contributed by atoms with van der Waals surface area (Å²) in [5.74, 6) is -0.321. The van der Waals surface area contributed by atoms with Crippen LogP contribution in [0, 0.1) is 6.92 Å². The van der Waals surface area contributed by atoms with E-state index in [1.807, 2.05) is 25.1 Å². The summed E-state index contributed by atoms with van der Waals surface area (Å²) < 4.78 is 0. The van der Waals surface area contributed by atoms with Gasteiger partial charge in [0.1, 0.15) is 5.69 Å². The number of piperidine rings is 1. The minimum absolute atomic E-state index is 0.151. The number of rotatable bonds is 4. The van der Waals surface area contributed by atoms with E-state index >= 15 is 0 Å². The minimum atomic E-state index is -0.199. The van der Waals surface area contributed by atoms with Crippen LogP contribution < -0.4 is 16.0 Å². The summed E-state index contributed by atoms with van der Waals surface area (Å²) in [6, 6.07) is 7.59. The molecule has 0 saturated carbocycles. The molecule has 2 aliphatic heterocycles. The van der Waals surface area contributed by atoms with Crippen LogP contribution in [0.5, 0.6) is 0 Å². The molecular weight excluding hydrogens is 424 g/mol. The molecule has 1 saturated heterocycles. The van der Waals surface area contributed by atoms with Crippen LogP contribution >= 0.6 is 11.3 Å². The summed E-state index contributed by atoms with van der Waals surface area (Å²) in [4.78, 5) is 37.1. The van der Waals surface area contributed by atoms with Gasteiger partial charge in [-0.3, -0.25) is 9.59 Å². The molecule has 8 nitrogen and oxygen atoms in total. The number of amides is 2. The predicted molar refractivity (Wildman–Crippen MR) is 125 cm³/mol. The van der Waals surface area contributed by atoms with Crippen LogP contribution in [0.2, 0.25) is 0 Å². The number of likely N-dealkylation sites (N-methyl/N-ethyl adjacent to an activating group) is 1. The van der Waals surface area contributed by atoms with Crippen LogP contribution in [-0.2, 0) is 13.0 Å². The van der Waals surface area contributed by atoms with E-state index in [1.54, 1.807) is 0 Å². The first-order valence-electron chi connectivity index (χ1n) is 11.1. The second kappa shape index (κ2) is 8.65. The first-order chi connectivity index (χ1) is 15.5. The summed E-state index contributed by atoms with van der Waals surface area (Å²) in [6.07, 6.45) is 1.62. The van der Waals surface area contributed by atoms with E-state index in [4.69, 9.17) is 0 Å². The predicted octanol–water partition coefficient (Wildman–Crippen LogP) is 1.81. The van der Waals surface area contributed by atoms with E-state index in [2.05, 4.69) is 43.9 Å². The monoisotopic (exact) mass is 452 g/mol. The van der Waals surface area contributed by atoms with Gasteiger partial charge in [-0.1, -0.05) is 11.6 Å². The van der Waals surface area contributed by atoms with Gasteiger partial charge in [-0.2, -0.15) is 0 Å². The van der Waals surface area contributed by atoms with Crippen molar-refractivity contribution in [3.8, 4) is 0 Å². The number of hydrogen-bond donors (Lipinski definition) is 4. The molecule has 4 heterocycles. The van der Waals surface area contributed by atoms with Crippen molar-refractivity contribution >= 4 is 34.1 Å². The Labute approximate surface area is 190 Å². The van der Waals surface area contributed by atoms with Gasteiger partial charge in [-0.25, -0.2) is 4.98 Å². The summed E-state index contributed by atoms with van der Waals surface area (Å²) in [5, 5.41) is 11.1. The molecule has 1 fully saturated rings. The maximum absolute atomic E-state index is 12.9. The molecule has 32 heavy (non-hydrogen) atoms. The van der Waals surface area contributed by atoms with Crippen LogP contribution in [0.15, 0.2) is 24.3 Å². The normalized spacial score (nSPS) is 21.3. The number of fused-ring (bicyclic) bond motifs is 2. The number of aromatic amines is 1.